The van der Waals surface area contributed by atoms with Crippen molar-refractivity contribution in [3.8, 4) is 23.0 Å². The second-order valence-corrected chi connectivity index (χ2v) is 6.54. The van der Waals surface area contributed by atoms with Gasteiger partial charge in [-0.3, -0.25) is 4.90 Å². The monoisotopic (exact) mass is 341 g/mol. The van der Waals surface area contributed by atoms with Crippen LogP contribution in [-0.2, 0) is 12.8 Å². The SMILES string of the molecule is COc1ccc(C[C@H]2c3cc4c(cc3CCN2C)OCO4)cc1OC. The number of hydrogen-bond acceptors (Lipinski definition) is 5. The maximum absolute atomic E-state index is 5.59. The highest BCUT2D eigenvalue weighted by Gasteiger charge is 2.28. The van der Waals surface area contributed by atoms with Crippen molar-refractivity contribution in [2.24, 2.45) is 0 Å². The van der Waals surface area contributed by atoms with E-state index in [1.165, 1.54) is 16.7 Å². The number of benzene rings is 2. The zero-order chi connectivity index (χ0) is 17.4. The highest BCUT2D eigenvalue weighted by molar-refractivity contribution is 5.51. The predicted molar refractivity (Wildman–Crippen MR) is 94.9 cm³/mol. The van der Waals surface area contributed by atoms with Gasteiger partial charge in [0.1, 0.15) is 0 Å². The van der Waals surface area contributed by atoms with Gasteiger partial charge < -0.3 is 18.9 Å². The average Bonchev–Trinajstić information content (AvgIpc) is 3.09. The lowest BCUT2D eigenvalue weighted by Gasteiger charge is -2.35. The normalized spacial score (nSPS) is 18.8. The minimum Gasteiger partial charge on any atom is -0.493 e. The molecular weight excluding hydrogens is 318 g/mol. The Bertz CT molecular complexity index is 790. The van der Waals surface area contributed by atoms with E-state index < -0.39 is 0 Å². The van der Waals surface area contributed by atoms with Crippen LogP contribution >= 0.6 is 0 Å². The van der Waals surface area contributed by atoms with E-state index in [1.807, 2.05) is 6.07 Å². The van der Waals surface area contributed by atoms with Crippen molar-refractivity contribution < 1.29 is 18.9 Å². The third-order valence-corrected chi connectivity index (χ3v) is 5.14. The first-order valence-electron chi connectivity index (χ1n) is 8.53. The number of ether oxygens (including phenoxy) is 4. The number of hydrogen-bond donors (Lipinski definition) is 0. The van der Waals surface area contributed by atoms with Gasteiger partial charge in [0.2, 0.25) is 6.79 Å². The Labute approximate surface area is 148 Å². The molecule has 5 heteroatoms. The Balaban J connectivity index is 1.67. The van der Waals surface area contributed by atoms with E-state index in [9.17, 15) is 0 Å². The zero-order valence-corrected chi connectivity index (χ0v) is 14.9. The van der Waals surface area contributed by atoms with Crippen molar-refractivity contribution in [1.29, 1.82) is 0 Å². The second-order valence-electron chi connectivity index (χ2n) is 6.54. The summed E-state index contributed by atoms with van der Waals surface area (Å²) >= 11 is 0. The van der Waals surface area contributed by atoms with E-state index in [-0.39, 0.29) is 0 Å². The standard InChI is InChI=1S/C20H23NO4/c1-21-7-6-14-10-19-20(25-12-24-19)11-15(14)16(21)8-13-4-5-17(22-2)18(9-13)23-3/h4-5,9-11,16H,6-8,12H2,1-3H3/t16-/m0/s1. The molecule has 2 aliphatic rings. The van der Waals surface area contributed by atoms with Crippen LogP contribution in [0.2, 0.25) is 0 Å². The second kappa shape index (κ2) is 6.48. The highest BCUT2D eigenvalue weighted by atomic mass is 16.7. The molecule has 0 bridgehead atoms. The molecule has 25 heavy (non-hydrogen) atoms. The lowest BCUT2D eigenvalue weighted by Crippen LogP contribution is -2.33. The average molecular weight is 341 g/mol. The third kappa shape index (κ3) is 2.89. The number of rotatable bonds is 4. The lowest BCUT2D eigenvalue weighted by atomic mass is 9.88. The van der Waals surface area contributed by atoms with E-state index in [1.54, 1.807) is 14.2 Å². The number of fused-ring (bicyclic) bond motifs is 2. The topological polar surface area (TPSA) is 40.2 Å². The molecular formula is C20H23NO4. The van der Waals surface area contributed by atoms with Gasteiger partial charge >= 0.3 is 0 Å². The molecule has 0 unspecified atom stereocenters. The summed E-state index contributed by atoms with van der Waals surface area (Å²) in [6.45, 7) is 1.35. The van der Waals surface area contributed by atoms with Crippen molar-refractivity contribution in [2.45, 2.75) is 18.9 Å². The molecule has 5 nitrogen and oxygen atoms in total. The highest BCUT2D eigenvalue weighted by Crippen LogP contribution is 2.41. The fraction of sp³-hybridized carbons (Fsp3) is 0.400. The summed E-state index contributed by atoms with van der Waals surface area (Å²) in [5, 5.41) is 0. The summed E-state index contributed by atoms with van der Waals surface area (Å²) in [5.74, 6) is 3.25. The molecule has 0 aromatic heterocycles. The van der Waals surface area contributed by atoms with Crippen molar-refractivity contribution in [3.05, 3.63) is 47.0 Å². The van der Waals surface area contributed by atoms with Crippen LogP contribution in [0, 0.1) is 0 Å². The van der Waals surface area contributed by atoms with Gasteiger partial charge in [-0.25, -0.2) is 0 Å². The molecule has 0 amide bonds. The van der Waals surface area contributed by atoms with Crippen LogP contribution in [0.15, 0.2) is 30.3 Å². The molecule has 2 heterocycles. The fourth-order valence-electron chi connectivity index (χ4n) is 3.71. The van der Waals surface area contributed by atoms with Gasteiger partial charge in [-0.05, 0) is 60.8 Å². The number of likely N-dealkylation sites (N-methyl/N-ethyl adjacent to an activating group) is 1. The van der Waals surface area contributed by atoms with Crippen molar-refractivity contribution in [3.63, 3.8) is 0 Å². The predicted octanol–water partition coefficient (Wildman–Crippen LogP) is 3.20. The lowest BCUT2D eigenvalue weighted by molar-refractivity contribution is 0.174. The first-order valence-corrected chi connectivity index (χ1v) is 8.53. The van der Waals surface area contributed by atoms with Crippen LogP contribution in [0.4, 0.5) is 0 Å². The summed E-state index contributed by atoms with van der Waals surface area (Å²) in [5.41, 5.74) is 3.90. The first kappa shape index (κ1) is 16.1. The molecule has 0 N–H and O–H groups in total. The van der Waals surface area contributed by atoms with Gasteiger partial charge in [0, 0.05) is 12.6 Å². The summed E-state index contributed by atoms with van der Waals surface area (Å²) in [7, 11) is 5.51. The van der Waals surface area contributed by atoms with Crippen LogP contribution in [0.25, 0.3) is 0 Å². The van der Waals surface area contributed by atoms with Crippen LogP contribution in [0.1, 0.15) is 22.7 Å². The molecule has 0 aliphatic carbocycles. The molecule has 0 saturated heterocycles. The third-order valence-electron chi connectivity index (χ3n) is 5.14. The van der Waals surface area contributed by atoms with Gasteiger partial charge in [0.25, 0.3) is 0 Å². The smallest absolute Gasteiger partial charge is 0.231 e. The van der Waals surface area contributed by atoms with Crippen molar-refractivity contribution >= 4 is 0 Å². The van der Waals surface area contributed by atoms with E-state index in [0.717, 1.165) is 42.4 Å². The van der Waals surface area contributed by atoms with Crippen molar-refractivity contribution in [2.75, 3.05) is 34.6 Å². The molecule has 132 valence electrons. The molecule has 2 aromatic rings. The largest absolute Gasteiger partial charge is 0.493 e. The van der Waals surface area contributed by atoms with E-state index in [4.69, 9.17) is 18.9 Å². The Morgan fingerprint density at radius 3 is 2.56 bits per heavy atom. The van der Waals surface area contributed by atoms with Gasteiger partial charge in [-0.2, -0.15) is 0 Å². The number of methoxy groups -OCH3 is 2. The van der Waals surface area contributed by atoms with E-state index in [2.05, 4.69) is 36.2 Å². The Hall–Kier alpha value is -2.40. The van der Waals surface area contributed by atoms with Crippen LogP contribution in [0.5, 0.6) is 23.0 Å². The Morgan fingerprint density at radius 1 is 1.04 bits per heavy atom. The number of nitrogens with zero attached hydrogens (tertiary/aromatic N) is 1. The van der Waals surface area contributed by atoms with Crippen LogP contribution in [0.3, 0.4) is 0 Å². The molecule has 1 atom stereocenters. The summed E-state index contributed by atoms with van der Waals surface area (Å²) in [6, 6.07) is 10.7. The minimum absolute atomic E-state index is 0.302. The van der Waals surface area contributed by atoms with E-state index >= 15 is 0 Å². The van der Waals surface area contributed by atoms with Gasteiger partial charge in [0.15, 0.2) is 23.0 Å². The fourth-order valence-corrected chi connectivity index (χ4v) is 3.71. The molecule has 2 aromatic carbocycles. The molecule has 0 saturated carbocycles. The Morgan fingerprint density at radius 2 is 1.80 bits per heavy atom. The van der Waals surface area contributed by atoms with Crippen LogP contribution < -0.4 is 18.9 Å². The van der Waals surface area contributed by atoms with Gasteiger partial charge in [0.05, 0.1) is 14.2 Å². The maximum atomic E-state index is 5.59. The molecule has 0 spiro atoms. The summed E-state index contributed by atoms with van der Waals surface area (Å²) < 4.78 is 21.9. The molecule has 2 aliphatic heterocycles. The zero-order valence-electron chi connectivity index (χ0n) is 14.9. The summed E-state index contributed by atoms with van der Waals surface area (Å²) in [4.78, 5) is 2.40. The summed E-state index contributed by atoms with van der Waals surface area (Å²) in [6.07, 6.45) is 1.94. The quantitative estimate of drug-likeness (QED) is 0.854. The maximum Gasteiger partial charge on any atom is 0.231 e. The molecule has 0 radical (unpaired) electrons. The van der Waals surface area contributed by atoms with E-state index in [0.29, 0.717) is 12.8 Å². The van der Waals surface area contributed by atoms with Gasteiger partial charge in [-0.15, -0.1) is 0 Å². The van der Waals surface area contributed by atoms with Crippen LogP contribution in [-0.4, -0.2) is 39.5 Å². The first-order chi connectivity index (χ1) is 12.2. The Kier molecular flexibility index (Phi) is 4.17. The molecule has 4 rings (SSSR count). The minimum atomic E-state index is 0.302. The van der Waals surface area contributed by atoms with Gasteiger partial charge in [-0.1, -0.05) is 6.07 Å². The molecule has 0 fully saturated rings. The van der Waals surface area contributed by atoms with Crippen molar-refractivity contribution in [1.82, 2.24) is 4.90 Å².